The third-order valence-electron chi connectivity index (χ3n) is 5.11. The van der Waals surface area contributed by atoms with Crippen molar-refractivity contribution >= 4 is 5.95 Å². The predicted octanol–water partition coefficient (Wildman–Crippen LogP) is 3.25. The monoisotopic (exact) mass is 360 g/mol. The number of benzene rings is 2. The smallest absolute Gasteiger partial charge is 0.257 e. The maximum absolute atomic E-state index is 12.6. The minimum atomic E-state index is -0.0370. The fraction of sp³-hybridized carbons (Fsp3) is 0.273. The molecule has 0 spiro atoms. The maximum Gasteiger partial charge on any atom is 0.257 e. The van der Waals surface area contributed by atoms with Crippen LogP contribution in [0.15, 0.2) is 59.4 Å². The van der Waals surface area contributed by atoms with Gasteiger partial charge in [-0.15, -0.1) is 0 Å². The van der Waals surface area contributed by atoms with E-state index in [2.05, 4.69) is 51.4 Å². The number of aromatic amines is 1. The van der Waals surface area contributed by atoms with Crippen molar-refractivity contribution in [1.29, 1.82) is 0 Å². The van der Waals surface area contributed by atoms with Crippen LogP contribution in [0.2, 0.25) is 0 Å². The molecule has 0 saturated carbocycles. The lowest BCUT2D eigenvalue weighted by Crippen LogP contribution is -2.35. The van der Waals surface area contributed by atoms with Gasteiger partial charge in [-0.1, -0.05) is 54.6 Å². The van der Waals surface area contributed by atoms with Crippen molar-refractivity contribution < 1.29 is 0 Å². The fourth-order valence-electron chi connectivity index (χ4n) is 3.51. The number of hydrogen-bond donors (Lipinski definition) is 2. The first kappa shape index (κ1) is 17.5. The number of aromatic nitrogens is 2. The van der Waals surface area contributed by atoms with Crippen LogP contribution in [-0.4, -0.2) is 21.4 Å². The van der Waals surface area contributed by atoms with Crippen LogP contribution in [0.25, 0.3) is 0 Å². The Hall–Kier alpha value is -2.92. The summed E-state index contributed by atoms with van der Waals surface area (Å²) in [5.41, 5.74) is 5.42. The van der Waals surface area contributed by atoms with Gasteiger partial charge in [-0.2, -0.15) is 0 Å². The van der Waals surface area contributed by atoms with Gasteiger partial charge in [0.2, 0.25) is 5.95 Å². The van der Waals surface area contributed by atoms with Crippen molar-refractivity contribution in [3.63, 3.8) is 0 Å². The summed E-state index contributed by atoms with van der Waals surface area (Å²) in [7, 11) is 0. The van der Waals surface area contributed by atoms with E-state index in [0.717, 1.165) is 36.3 Å². The highest BCUT2D eigenvalue weighted by Crippen LogP contribution is 2.19. The molecular weight excluding hydrogens is 336 g/mol. The molecular formula is C22H24N4O. The molecule has 0 fully saturated rings. The van der Waals surface area contributed by atoms with Gasteiger partial charge in [-0.3, -0.25) is 14.7 Å². The van der Waals surface area contributed by atoms with Crippen molar-refractivity contribution in [2.75, 3.05) is 11.9 Å². The molecule has 5 nitrogen and oxygen atoms in total. The van der Waals surface area contributed by atoms with Crippen LogP contribution in [0.1, 0.15) is 27.9 Å². The van der Waals surface area contributed by atoms with Gasteiger partial charge in [0.15, 0.2) is 0 Å². The molecule has 2 heterocycles. The van der Waals surface area contributed by atoms with E-state index in [0.29, 0.717) is 19.0 Å². The fourth-order valence-corrected chi connectivity index (χ4v) is 3.51. The summed E-state index contributed by atoms with van der Waals surface area (Å²) in [6, 6.07) is 18.5. The standard InChI is InChI=1S/C22H24N4O/c1-16-7-5-6-10-18(16)14-26-12-11-20-19(15-26)21(27)25-22(24-20)23-13-17-8-3-2-4-9-17/h2-10H,11-15H2,1H3,(H2,23,24,25,27). The van der Waals surface area contributed by atoms with Crippen LogP contribution in [0.3, 0.4) is 0 Å². The zero-order chi connectivity index (χ0) is 18.6. The average molecular weight is 360 g/mol. The lowest BCUT2D eigenvalue weighted by Gasteiger charge is -2.28. The van der Waals surface area contributed by atoms with Crippen LogP contribution in [0.4, 0.5) is 5.95 Å². The van der Waals surface area contributed by atoms with Gasteiger partial charge < -0.3 is 5.32 Å². The molecule has 1 aliphatic heterocycles. The van der Waals surface area contributed by atoms with E-state index in [1.165, 1.54) is 11.1 Å². The van der Waals surface area contributed by atoms with Crippen molar-refractivity contribution in [2.24, 2.45) is 0 Å². The average Bonchev–Trinajstić information content (AvgIpc) is 2.69. The molecule has 0 bridgehead atoms. The van der Waals surface area contributed by atoms with E-state index < -0.39 is 0 Å². The van der Waals surface area contributed by atoms with Gasteiger partial charge in [0.1, 0.15) is 0 Å². The first-order valence-electron chi connectivity index (χ1n) is 9.36. The number of H-pyrrole nitrogens is 1. The van der Waals surface area contributed by atoms with Crippen LogP contribution in [0.5, 0.6) is 0 Å². The summed E-state index contributed by atoms with van der Waals surface area (Å²) in [4.78, 5) is 22.5. The van der Waals surface area contributed by atoms with Crippen molar-refractivity contribution in [3.05, 3.63) is 92.9 Å². The Labute approximate surface area is 159 Å². The molecule has 0 amide bonds. The molecule has 4 rings (SSSR count). The van der Waals surface area contributed by atoms with Crippen molar-refractivity contribution in [3.8, 4) is 0 Å². The second-order valence-corrected chi connectivity index (χ2v) is 7.07. The number of anilines is 1. The van der Waals surface area contributed by atoms with Gasteiger partial charge in [0, 0.05) is 32.6 Å². The Morgan fingerprint density at radius 2 is 1.89 bits per heavy atom. The van der Waals surface area contributed by atoms with Crippen molar-refractivity contribution in [1.82, 2.24) is 14.9 Å². The first-order valence-corrected chi connectivity index (χ1v) is 9.36. The quantitative estimate of drug-likeness (QED) is 0.733. The van der Waals surface area contributed by atoms with E-state index in [-0.39, 0.29) is 5.56 Å². The van der Waals surface area contributed by atoms with Crippen LogP contribution < -0.4 is 10.9 Å². The third-order valence-corrected chi connectivity index (χ3v) is 5.11. The summed E-state index contributed by atoms with van der Waals surface area (Å²) in [5.74, 6) is 0.551. The Bertz CT molecular complexity index is 981. The molecule has 1 aliphatic rings. The van der Waals surface area contributed by atoms with Gasteiger partial charge in [-0.05, 0) is 23.6 Å². The molecule has 2 N–H and O–H groups in total. The largest absolute Gasteiger partial charge is 0.352 e. The van der Waals surface area contributed by atoms with E-state index in [1.54, 1.807) is 0 Å². The molecule has 0 atom stereocenters. The lowest BCUT2D eigenvalue weighted by atomic mass is 10.0. The van der Waals surface area contributed by atoms with Gasteiger partial charge in [0.25, 0.3) is 5.56 Å². The Kier molecular flexibility index (Phi) is 5.03. The minimum absolute atomic E-state index is 0.0370. The van der Waals surface area contributed by atoms with Crippen LogP contribution in [-0.2, 0) is 26.1 Å². The molecule has 0 saturated heterocycles. The number of hydrogen-bond acceptors (Lipinski definition) is 4. The highest BCUT2D eigenvalue weighted by Gasteiger charge is 2.21. The first-order chi connectivity index (χ1) is 13.2. The number of nitrogens with zero attached hydrogens (tertiary/aromatic N) is 2. The summed E-state index contributed by atoms with van der Waals surface area (Å²) in [6.07, 6.45) is 0.797. The number of aryl methyl sites for hydroxylation is 1. The second kappa shape index (κ2) is 7.76. The third kappa shape index (κ3) is 4.09. The van der Waals surface area contributed by atoms with E-state index in [4.69, 9.17) is 0 Å². The highest BCUT2D eigenvalue weighted by molar-refractivity contribution is 5.33. The summed E-state index contributed by atoms with van der Waals surface area (Å²) in [6.45, 7) is 5.19. The Morgan fingerprint density at radius 1 is 1.11 bits per heavy atom. The normalized spacial score (nSPS) is 14.0. The molecule has 5 heteroatoms. The van der Waals surface area contributed by atoms with Gasteiger partial charge in [0.05, 0.1) is 11.3 Å². The Balaban J connectivity index is 1.46. The van der Waals surface area contributed by atoms with Crippen LogP contribution in [0, 0.1) is 6.92 Å². The maximum atomic E-state index is 12.6. The number of nitrogens with one attached hydrogen (secondary N) is 2. The van der Waals surface area contributed by atoms with E-state index >= 15 is 0 Å². The summed E-state index contributed by atoms with van der Waals surface area (Å²) >= 11 is 0. The molecule has 2 aromatic carbocycles. The molecule has 1 aromatic heterocycles. The zero-order valence-electron chi connectivity index (χ0n) is 15.5. The van der Waals surface area contributed by atoms with Crippen molar-refractivity contribution in [2.45, 2.75) is 33.0 Å². The second-order valence-electron chi connectivity index (χ2n) is 7.07. The van der Waals surface area contributed by atoms with E-state index in [9.17, 15) is 4.79 Å². The molecule has 0 radical (unpaired) electrons. The summed E-state index contributed by atoms with van der Waals surface area (Å²) in [5, 5.41) is 3.23. The lowest BCUT2D eigenvalue weighted by molar-refractivity contribution is 0.241. The molecule has 0 aliphatic carbocycles. The minimum Gasteiger partial charge on any atom is -0.352 e. The molecule has 3 aromatic rings. The number of fused-ring (bicyclic) bond motifs is 1. The topological polar surface area (TPSA) is 61.0 Å². The molecule has 0 unspecified atom stereocenters. The highest BCUT2D eigenvalue weighted by atomic mass is 16.1. The SMILES string of the molecule is Cc1ccccc1CN1CCc2nc(NCc3ccccc3)[nH]c(=O)c2C1. The zero-order valence-corrected chi connectivity index (χ0v) is 15.5. The molecule has 138 valence electrons. The molecule has 27 heavy (non-hydrogen) atoms. The van der Waals surface area contributed by atoms with Gasteiger partial charge in [-0.25, -0.2) is 4.98 Å². The predicted molar refractivity (Wildman–Crippen MR) is 108 cm³/mol. The van der Waals surface area contributed by atoms with Crippen LogP contribution >= 0.6 is 0 Å². The number of rotatable bonds is 5. The van der Waals surface area contributed by atoms with E-state index in [1.807, 2.05) is 30.3 Å². The Morgan fingerprint density at radius 3 is 2.70 bits per heavy atom. The summed E-state index contributed by atoms with van der Waals surface area (Å²) < 4.78 is 0. The van der Waals surface area contributed by atoms with Gasteiger partial charge >= 0.3 is 0 Å².